The van der Waals surface area contributed by atoms with Gasteiger partial charge in [0.25, 0.3) is 0 Å². The van der Waals surface area contributed by atoms with Crippen molar-refractivity contribution in [3.05, 3.63) is 0 Å². The Bertz CT molecular complexity index is 247. The second-order valence-corrected chi connectivity index (χ2v) is 4.61. The third kappa shape index (κ3) is 3.48. The zero-order chi connectivity index (χ0) is 10.7. The van der Waals surface area contributed by atoms with Crippen LogP contribution in [-0.2, 0) is 4.74 Å². The van der Waals surface area contributed by atoms with E-state index in [9.17, 15) is 0 Å². The van der Waals surface area contributed by atoms with Gasteiger partial charge in [0.1, 0.15) is 0 Å². The van der Waals surface area contributed by atoms with E-state index in [2.05, 4.69) is 29.2 Å². The summed E-state index contributed by atoms with van der Waals surface area (Å²) in [6.45, 7) is 7.11. The van der Waals surface area contributed by atoms with Crippen LogP contribution in [0.1, 0.15) is 13.3 Å². The highest BCUT2D eigenvalue weighted by Gasteiger charge is 2.22. The van der Waals surface area contributed by atoms with Gasteiger partial charge in [-0.2, -0.15) is 0 Å². The highest BCUT2D eigenvalue weighted by atomic mass is 127. The predicted octanol–water partition coefficient (Wildman–Crippen LogP) is 1.17. The van der Waals surface area contributed by atoms with Crippen molar-refractivity contribution >= 4 is 29.9 Å². The number of ether oxygens (including phenoxy) is 1. The molecule has 1 fully saturated rings. The number of nitrogens with zero attached hydrogens (tertiary/aromatic N) is 2. The summed E-state index contributed by atoms with van der Waals surface area (Å²) >= 11 is 0. The summed E-state index contributed by atoms with van der Waals surface area (Å²) in [5.41, 5.74) is 0. The van der Waals surface area contributed by atoms with Crippen LogP contribution < -0.4 is 5.32 Å². The molecule has 0 amide bonds. The molecule has 0 aromatic rings. The lowest BCUT2D eigenvalue weighted by molar-refractivity contribution is 0.0257. The highest BCUT2D eigenvalue weighted by Crippen LogP contribution is 2.20. The molecule has 0 aromatic carbocycles. The van der Waals surface area contributed by atoms with Crippen molar-refractivity contribution in [2.45, 2.75) is 13.3 Å². The van der Waals surface area contributed by atoms with Gasteiger partial charge in [-0.15, -0.1) is 24.0 Å². The third-order valence-corrected chi connectivity index (χ3v) is 3.40. The number of halogens is 1. The fourth-order valence-electron chi connectivity index (χ4n) is 2.17. The third-order valence-electron chi connectivity index (χ3n) is 3.40. The summed E-state index contributed by atoms with van der Waals surface area (Å²) in [4.78, 5) is 6.61. The summed E-state index contributed by atoms with van der Waals surface area (Å²) < 4.78 is 5.44. The van der Waals surface area contributed by atoms with Crippen molar-refractivity contribution in [2.24, 2.45) is 16.8 Å². The molecule has 2 atom stereocenters. The van der Waals surface area contributed by atoms with Crippen molar-refractivity contribution in [2.75, 3.05) is 39.9 Å². The Morgan fingerprint density at radius 3 is 3.00 bits per heavy atom. The molecular formula is C11H22IN3O. The van der Waals surface area contributed by atoms with Crippen molar-refractivity contribution < 1.29 is 4.74 Å². The molecule has 0 aromatic heterocycles. The first-order valence-electron chi connectivity index (χ1n) is 5.84. The smallest absolute Gasteiger partial charge is 0.193 e. The number of guanidine groups is 1. The molecule has 2 aliphatic rings. The number of hydrogen-bond donors (Lipinski definition) is 1. The molecule has 0 radical (unpaired) electrons. The molecular weight excluding hydrogens is 317 g/mol. The molecule has 0 spiro atoms. The minimum atomic E-state index is 0. The number of likely N-dealkylation sites (N-methyl/N-ethyl adjacent to an activating group) is 1. The summed E-state index contributed by atoms with van der Waals surface area (Å²) in [5, 5.41) is 3.45. The van der Waals surface area contributed by atoms with Crippen LogP contribution in [0.2, 0.25) is 0 Å². The first kappa shape index (κ1) is 14.0. The molecule has 94 valence electrons. The molecule has 0 aliphatic carbocycles. The molecule has 1 saturated heterocycles. The van der Waals surface area contributed by atoms with E-state index in [1.165, 1.54) is 6.42 Å². The summed E-state index contributed by atoms with van der Waals surface area (Å²) in [6, 6.07) is 0. The molecule has 5 heteroatoms. The Morgan fingerprint density at radius 1 is 1.56 bits per heavy atom. The molecule has 1 N–H and O–H groups in total. The van der Waals surface area contributed by atoms with Crippen LogP contribution in [-0.4, -0.2) is 50.8 Å². The van der Waals surface area contributed by atoms with Crippen LogP contribution in [0.3, 0.4) is 0 Å². The molecule has 4 nitrogen and oxygen atoms in total. The van der Waals surface area contributed by atoms with Crippen molar-refractivity contribution in [1.29, 1.82) is 0 Å². The summed E-state index contributed by atoms with van der Waals surface area (Å²) in [6.07, 6.45) is 1.17. The molecule has 0 saturated carbocycles. The SMILES string of the molecule is CC1COCCC1CNC1=NCCN1C.I. The lowest BCUT2D eigenvalue weighted by Gasteiger charge is -2.29. The standard InChI is InChI=1S/C11H21N3O.HI/c1-9-8-15-6-3-10(9)7-13-11-12-4-5-14(11)2;/h9-10H,3-8H2,1-2H3,(H,12,13);1H. The number of hydrogen-bond acceptors (Lipinski definition) is 4. The van der Waals surface area contributed by atoms with E-state index in [4.69, 9.17) is 4.74 Å². The second-order valence-electron chi connectivity index (χ2n) is 4.61. The van der Waals surface area contributed by atoms with Gasteiger partial charge in [-0.1, -0.05) is 6.92 Å². The lowest BCUT2D eigenvalue weighted by Crippen LogP contribution is -2.41. The molecule has 2 unspecified atom stereocenters. The normalized spacial score (nSPS) is 29.6. The summed E-state index contributed by atoms with van der Waals surface area (Å²) in [7, 11) is 2.09. The van der Waals surface area contributed by atoms with Crippen LogP contribution in [0, 0.1) is 11.8 Å². The van der Waals surface area contributed by atoms with Gasteiger partial charge < -0.3 is 15.0 Å². The van der Waals surface area contributed by atoms with Crippen LogP contribution in [0.15, 0.2) is 4.99 Å². The average molecular weight is 339 g/mol. The fraction of sp³-hybridized carbons (Fsp3) is 0.909. The molecule has 16 heavy (non-hydrogen) atoms. The maximum absolute atomic E-state index is 5.44. The second kappa shape index (κ2) is 6.64. The van der Waals surface area contributed by atoms with E-state index in [-0.39, 0.29) is 24.0 Å². The van der Waals surface area contributed by atoms with E-state index in [1.54, 1.807) is 0 Å². The van der Waals surface area contributed by atoms with Crippen molar-refractivity contribution in [3.63, 3.8) is 0 Å². The number of rotatable bonds is 2. The van der Waals surface area contributed by atoms with Gasteiger partial charge in [-0.25, -0.2) is 0 Å². The van der Waals surface area contributed by atoms with Gasteiger partial charge in [0, 0.05) is 33.4 Å². The summed E-state index contributed by atoms with van der Waals surface area (Å²) in [5.74, 6) is 2.46. The first-order chi connectivity index (χ1) is 7.27. The monoisotopic (exact) mass is 339 g/mol. The van der Waals surface area contributed by atoms with Gasteiger partial charge in [0.2, 0.25) is 0 Å². The number of aliphatic imine (C=N–C) groups is 1. The van der Waals surface area contributed by atoms with Crippen molar-refractivity contribution in [1.82, 2.24) is 10.2 Å². The molecule has 0 bridgehead atoms. The van der Waals surface area contributed by atoms with Gasteiger partial charge >= 0.3 is 0 Å². The molecule has 2 aliphatic heterocycles. The van der Waals surface area contributed by atoms with E-state index >= 15 is 0 Å². The van der Waals surface area contributed by atoms with E-state index in [0.29, 0.717) is 5.92 Å². The molecule has 2 rings (SSSR count). The minimum absolute atomic E-state index is 0. The maximum Gasteiger partial charge on any atom is 0.193 e. The zero-order valence-electron chi connectivity index (χ0n) is 10.1. The Labute approximate surface area is 115 Å². The molecule has 2 heterocycles. The van der Waals surface area contributed by atoms with Crippen molar-refractivity contribution in [3.8, 4) is 0 Å². The average Bonchev–Trinajstić information content (AvgIpc) is 2.63. The van der Waals surface area contributed by atoms with Gasteiger partial charge in [-0.3, -0.25) is 4.99 Å². The van der Waals surface area contributed by atoms with Crippen LogP contribution in [0.5, 0.6) is 0 Å². The van der Waals surface area contributed by atoms with Gasteiger partial charge in [0.05, 0.1) is 6.54 Å². The minimum Gasteiger partial charge on any atom is -0.381 e. The highest BCUT2D eigenvalue weighted by molar-refractivity contribution is 14.0. The van der Waals surface area contributed by atoms with Gasteiger partial charge in [-0.05, 0) is 18.3 Å². The van der Waals surface area contributed by atoms with Gasteiger partial charge in [0.15, 0.2) is 5.96 Å². The zero-order valence-corrected chi connectivity index (χ0v) is 12.4. The van der Waals surface area contributed by atoms with Crippen LogP contribution in [0.25, 0.3) is 0 Å². The largest absolute Gasteiger partial charge is 0.381 e. The quantitative estimate of drug-likeness (QED) is 0.768. The van der Waals surface area contributed by atoms with E-state index < -0.39 is 0 Å². The van der Waals surface area contributed by atoms with E-state index in [0.717, 1.165) is 44.7 Å². The Kier molecular flexibility index (Phi) is 5.82. The Balaban J connectivity index is 0.00000128. The Morgan fingerprint density at radius 2 is 2.38 bits per heavy atom. The maximum atomic E-state index is 5.44. The Hall–Kier alpha value is -0.0400. The van der Waals surface area contributed by atoms with Crippen LogP contribution in [0.4, 0.5) is 0 Å². The number of nitrogens with one attached hydrogen (secondary N) is 1. The van der Waals surface area contributed by atoms with Crippen LogP contribution >= 0.6 is 24.0 Å². The van der Waals surface area contributed by atoms with E-state index in [1.807, 2.05) is 0 Å². The fourth-order valence-corrected chi connectivity index (χ4v) is 2.17. The topological polar surface area (TPSA) is 36.9 Å². The first-order valence-corrected chi connectivity index (χ1v) is 5.84. The predicted molar refractivity (Wildman–Crippen MR) is 76.4 cm³/mol. The lowest BCUT2D eigenvalue weighted by atomic mass is 9.90.